The number of amides is 2. The molecule has 11 heteroatoms. The van der Waals surface area contributed by atoms with Crippen LogP contribution in [0.25, 0.3) is 11.1 Å². The lowest BCUT2D eigenvalue weighted by atomic mass is 9.95. The number of urea groups is 1. The van der Waals surface area contributed by atoms with Crippen LogP contribution >= 0.6 is 0 Å². The maximum absolute atomic E-state index is 14.8. The van der Waals surface area contributed by atoms with Crippen molar-refractivity contribution < 1.29 is 31.1 Å². The van der Waals surface area contributed by atoms with Crippen LogP contribution in [0.15, 0.2) is 42.7 Å². The number of rotatable bonds is 2. The first-order valence-electron chi connectivity index (χ1n) is 10.4. The zero-order chi connectivity index (χ0) is 24.2. The molecule has 2 bridgehead atoms. The molecule has 0 spiro atoms. The fraction of sp³-hybridized carbons (Fsp3) is 0.261. The molecule has 2 amide bonds. The Morgan fingerprint density at radius 1 is 1.03 bits per heavy atom. The van der Waals surface area contributed by atoms with E-state index in [-0.39, 0.29) is 23.6 Å². The molecule has 0 aliphatic carbocycles. The number of hydrogen-bond donors (Lipinski definition) is 1. The van der Waals surface area contributed by atoms with Crippen LogP contribution in [0, 0.1) is 17.6 Å². The Morgan fingerprint density at radius 3 is 2.53 bits per heavy atom. The van der Waals surface area contributed by atoms with E-state index in [0.717, 1.165) is 24.4 Å². The van der Waals surface area contributed by atoms with E-state index in [0.29, 0.717) is 30.0 Å². The summed E-state index contributed by atoms with van der Waals surface area (Å²) >= 11 is 0. The molecule has 0 unspecified atom stereocenters. The molecule has 5 nitrogen and oxygen atoms in total. The van der Waals surface area contributed by atoms with Crippen LogP contribution in [0.4, 0.5) is 36.8 Å². The summed E-state index contributed by atoms with van der Waals surface area (Å²) in [5.41, 5.74) is -0.819. The number of halogens is 6. The summed E-state index contributed by atoms with van der Waals surface area (Å²) in [5.74, 6) is -2.49. The van der Waals surface area contributed by atoms with Crippen LogP contribution in [-0.4, -0.2) is 26.9 Å². The molecule has 2 atom stereocenters. The number of alkyl halides is 3. The lowest BCUT2D eigenvalue weighted by molar-refractivity contribution is -0.141. The predicted octanol–water partition coefficient (Wildman–Crippen LogP) is 5.87. The van der Waals surface area contributed by atoms with Gasteiger partial charge in [0.25, 0.3) is 0 Å². The third-order valence-corrected chi connectivity index (χ3v) is 6.24. The van der Waals surface area contributed by atoms with Crippen LogP contribution in [0.2, 0.25) is 0 Å². The lowest BCUT2D eigenvalue weighted by Gasteiger charge is -2.36. The van der Waals surface area contributed by atoms with Gasteiger partial charge in [-0.3, -0.25) is 4.98 Å². The highest BCUT2D eigenvalue weighted by molar-refractivity contribution is 5.91. The molecular weight excluding hydrogens is 462 g/mol. The Kier molecular flexibility index (Phi) is 5.22. The highest BCUT2D eigenvalue weighted by Crippen LogP contribution is 2.44. The van der Waals surface area contributed by atoms with E-state index in [4.69, 9.17) is 0 Å². The molecule has 1 N–H and O–H groups in total. The van der Waals surface area contributed by atoms with E-state index >= 15 is 0 Å². The summed E-state index contributed by atoms with van der Waals surface area (Å²) < 4.78 is 81.6. The standard InChI is InChI=1S/C23H16F6N4O/c24-16-9-18(17(25)8-14(16)11-1-4-20(31-10-11)23(27,28)29)32-22(34)33-12-2-3-19(33)13-5-6-30-21(26)15(13)7-12/h1,4-6,8-10,12,19H,2-3,7H2,(H,32,34)/t12-,19+/m0/s1. The average molecular weight is 478 g/mol. The summed E-state index contributed by atoms with van der Waals surface area (Å²) in [4.78, 5) is 21.4. The third kappa shape index (κ3) is 3.74. The van der Waals surface area contributed by atoms with Gasteiger partial charge < -0.3 is 10.2 Å². The second-order valence-corrected chi connectivity index (χ2v) is 8.20. The predicted molar refractivity (Wildman–Crippen MR) is 109 cm³/mol. The number of fused-ring (bicyclic) bond motifs is 4. The molecule has 5 rings (SSSR count). The number of benzene rings is 1. The molecule has 3 aromatic rings. The van der Waals surface area contributed by atoms with Gasteiger partial charge in [0, 0.05) is 41.2 Å². The fourth-order valence-corrected chi connectivity index (χ4v) is 4.69. The van der Waals surface area contributed by atoms with Gasteiger partial charge in [-0.1, -0.05) is 6.07 Å². The molecule has 4 heterocycles. The van der Waals surface area contributed by atoms with Gasteiger partial charge in [-0.05, 0) is 43.0 Å². The van der Waals surface area contributed by atoms with Crippen LogP contribution in [0.3, 0.4) is 0 Å². The first kappa shape index (κ1) is 22.2. The number of carbonyl (C=O) groups excluding carboxylic acids is 1. The summed E-state index contributed by atoms with van der Waals surface area (Å²) in [6, 6.07) is 3.50. The molecule has 1 fully saturated rings. The van der Waals surface area contributed by atoms with E-state index in [1.54, 1.807) is 6.07 Å². The summed E-state index contributed by atoms with van der Waals surface area (Å²) in [5, 5.41) is 2.37. The molecule has 2 aliphatic rings. The number of carbonyl (C=O) groups is 1. The molecule has 34 heavy (non-hydrogen) atoms. The first-order chi connectivity index (χ1) is 16.1. The minimum Gasteiger partial charge on any atom is -0.314 e. The van der Waals surface area contributed by atoms with E-state index in [9.17, 15) is 31.1 Å². The maximum Gasteiger partial charge on any atom is 0.433 e. The summed E-state index contributed by atoms with van der Waals surface area (Å²) in [7, 11) is 0. The number of pyridine rings is 2. The van der Waals surface area contributed by atoms with Gasteiger partial charge in [-0.2, -0.15) is 17.6 Å². The maximum atomic E-state index is 14.8. The molecular formula is C23H16F6N4O. The number of anilines is 1. The Bertz CT molecular complexity index is 1280. The van der Waals surface area contributed by atoms with Gasteiger partial charge in [0.2, 0.25) is 5.95 Å². The normalized spacial score (nSPS) is 19.2. The average Bonchev–Trinajstić information content (AvgIpc) is 3.11. The Morgan fingerprint density at radius 2 is 1.82 bits per heavy atom. The zero-order valence-electron chi connectivity index (χ0n) is 17.3. The Balaban J connectivity index is 1.38. The second kappa shape index (κ2) is 8.00. The van der Waals surface area contributed by atoms with Crippen LogP contribution < -0.4 is 5.32 Å². The molecule has 0 saturated carbocycles. The van der Waals surface area contributed by atoms with Gasteiger partial charge >= 0.3 is 12.2 Å². The van der Waals surface area contributed by atoms with Gasteiger partial charge in [-0.15, -0.1) is 0 Å². The number of aromatic nitrogens is 2. The van der Waals surface area contributed by atoms with Gasteiger partial charge in [-0.25, -0.2) is 18.6 Å². The van der Waals surface area contributed by atoms with Crippen molar-refractivity contribution in [2.24, 2.45) is 0 Å². The van der Waals surface area contributed by atoms with Crippen molar-refractivity contribution in [1.29, 1.82) is 0 Å². The van der Waals surface area contributed by atoms with Gasteiger partial charge in [0.15, 0.2) is 0 Å². The zero-order valence-corrected chi connectivity index (χ0v) is 17.3. The number of hydrogen-bond acceptors (Lipinski definition) is 3. The molecule has 176 valence electrons. The third-order valence-electron chi connectivity index (χ3n) is 6.24. The summed E-state index contributed by atoms with van der Waals surface area (Å²) in [6.45, 7) is 0. The van der Waals surface area contributed by atoms with Crippen molar-refractivity contribution in [2.75, 3.05) is 5.32 Å². The van der Waals surface area contributed by atoms with Crippen molar-refractivity contribution in [2.45, 2.75) is 37.5 Å². The van der Waals surface area contributed by atoms with Gasteiger partial charge in [0.1, 0.15) is 17.3 Å². The quantitative estimate of drug-likeness (QED) is 0.370. The first-order valence-corrected chi connectivity index (χ1v) is 10.4. The van der Waals surface area contributed by atoms with Crippen molar-refractivity contribution in [1.82, 2.24) is 14.9 Å². The Hall–Kier alpha value is -3.63. The highest BCUT2D eigenvalue weighted by Gasteiger charge is 2.44. The molecule has 1 aromatic carbocycles. The monoisotopic (exact) mass is 478 g/mol. The number of nitrogens with zero attached hydrogens (tertiary/aromatic N) is 3. The van der Waals surface area contributed by atoms with Crippen molar-refractivity contribution in [3.63, 3.8) is 0 Å². The largest absolute Gasteiger partial charge is 0.433 e. The van der Waals surface area contributed by atoms with Crippen LogP contribution in [-0.2, 0) is 12.6 Å². The summed E-state index contributed by atoms with van der Waals surface area (Å²) in [6.07, 6.45) is -1.03. The van der Waals surface area contributed by atoms with Crippen LogP contribution in [0.5, 0.6) is 0 Å². The fourth-order valence-electron chi connectivity index (χ4n) is 4.69. The van der Waals surface area contributed by atoms with E-state index in [2.05, 4.69) is 15.3 Å². The van der Waals surface area contributed by atoms with Crippen molar-refractivity contribution in [3.05, 3.63) is 77.1 Å². The molecule has 0 radical (unpaired) electrons. The van der Waals surface area contributed by atoms with Crippen molar-refractivity contribution >= 4 is 11.7 Å². The van der Waals surface area contributed by atoms with E-state index < -0.39 is 47.2 Å². The topological polar surface area (TPSA) is 58.1 Å². The Labute approximate surface area is 189 Å². The molecule has 1 saturated heterocycles. The SMILES string of the molecule is O=C(Nc1cc(F)c(-c2ccc(C(F)(F)F)nc2)cc1F)N1[C@H]2CC[C@@H]1c1ccnc(F)c1C2. The second-order valence-electron chi connectivity index (χ2n) is 8.20. The van der Waals surface area contributed by atoms with E-state index in [1.165, 1.54) is 11.1 Å². The van der Waals surface area contributed by atoms with E-state index in [1.807, 2.05) is 0 Å². The van der Waals surface area contributed by atoms with Gasteiger partial charge in [0.05, 0.1) is 11.7 Å². The minimum atomic E-state index is -4.66. The highest BCUT2D eigenvalue weighted by atomic mass is 19.4. The molecule has 2 aliphatic heterocycles. The van der Waals surface area contributed by atoms with Crippen LogP contribution in [0.1, 0.15) is 35.7 Å². The smallest absolute Gasteiger partial charge is 0.314 e. The van der Waals surface area contributed by atoms with Crippen molar-refractivity contribution in [3.8, 4) is 11.1 Å². The number of nitrogens with one attached hydrogen (secondary N) is 1. The molecule has 2 aromatic heterocycles. The minimum absolute atomic E-state index is 0.0522. The lowest BCUT2D eigenvalue weighted by Crippen LogP contribution is -2.44.